The number of hydrogen-bond acceptors (Lipinski definition) is 0. The van der Waals surface area contributed by atoms with Crippen LogP contribution in [0.15, 0.2) is 24.3 Å². The highest BCUT2D eigenvalue weighted by Crippen LogP contribution is 2.44. The quantitative estimate of drug-likeness (QED) is 0.623. The second-order valence-electron chi connectivity index (χ2n) is 3.14. The van der Waals surface area contributed by atoms with Crippen molar-refractivity contribution >= 4 is 31.9 Å². The van der Waals surface area contributed by atoms with E-state index >= 15 is 0 Å². The lowest BCUT2D eigenvalue weighted by Gasteiger charge is -2.24. The fraction of sp³-hybridized carbons (Fsp3) is 0.400. The first-order chi connectivity index (χ1) is 5.79. The second-order valence-corrected chi connectivity index (χ2v) is 5.35. The van der Waals surface area contributed by atoms with E-state index in [2.05, 4.69) is 56.1 Å². The number of fused-ring (bicyclic) bond motifs is 1. The van der Waals surface area contributed by atoms with Crippen molar-refractivity contribution in [2.75, 3.05) is 0 Å². The number of alkyl halides is 2. The third-order valence-electron chi connectivity index (χ3n) is 2.34. The Morgan fingerprint density at radius 3 is 1.75 bits per heavy atom. The summed E-state index contributed by atoms with van der Waals surface area (Å²) in [5, 5.41) is 0. The van der Waals surface area contributed by atoms with Crippen molar-refractivity contribution in [2.24, 2.45) is 0 Å². The minimum absolute atomic E-state index is 0.558. The largest absolute Gasteiger partial charge is 0.0839 e. The summed E-state index contributed by atoms with van der Waals surface area (Å²) in [7, 11) is 0. The van der Waals surface area contributed by atoms with E-state index < -0.39 is 0 Å². The van der Waals surface area contributed by atoms with Crippen LogP contribution in [0.25, 0.3) is 0 Å². The minimum atomic E-state index is 0.558. The van der Waals surface area contributed by atoms with Gasteiger partial charge in [0, 0.05) is 9.65 Å². The lowest BCUT2D eigenvalue weighted by atomic mass is 9.92. The average molecular weight is 290 g/mol. The van der Waals surface area contributed by atoms with Crippen molar-refractivity contribution in [2.45, 2.75) is 22.5 Å². The molecule has 12 heavy (non-hydrogen) atoms. The Morgan fingerprint density at radius 2 is 1.33 bits per heavy atom. The van der Waals surface area contributed by atoms with Gasteiger partial charge in [-0.2, -0.15) is 0 Å². The molecule has 0 saturated carbocycles. The Bertz CT molecular complexity index is 254. The molecule has 64 valence electrons. The van der Waals surface area contributed by atoms with Gasteiger partial charge in [-0.25, -0.2) is 0 Å². The molecule has 0 N–H and O–H groups in total. The van der Waals surface area contributed by atoms with E-state index in [0.29, 0.717) is 9.65 Å². The third kappa shape index (κ3) is 1.47. The molecular weight excluding hydrogens is 280 g/mol. The molecule has 0 bridgehead atoms. The molecule has 1 aromatic rings. The van der Waals surface area contributed by atoms with Gasteiger partial charge in [-0.1, -0.05) is 56.1 Å². The van der Waals surface area contributed by atoms with Gasteiger partial charge in [0.1, 0.15) is 0 Å². The van der Waals surface area contributed by atoms with Gasteiger partial charge in [-0.15, -0.1) is 0 Å². The molecule has 2 rings (SSSR count). The molecule has 0 spiro atoms. The molecule has 0 aliphatic heterocycles. The molecule has 0 amide bonds. The molecule has 2 atom stereocenters. The van der Waals surface area contributed by atoms with Crippen molar-refractivity contribution in [1.29, 1.82) is 0 Å². The summed E-state index contributed by atoms with van der Waals surface area (Å²) < 4.78 is 0. The van der Waals surface area contributed by atoms with Gasteiger partial charge in [-0.05, 0) is 24.0 Å². The smallest absolute Gasteiger partial charge is 0.0399 e. The highest BCUT2D eigenvalue weighted by atomic mass is 79.9. The van der Waals surface area contributed by atoms with Crippen molar-refractivity contribution in [3.05, 3.63) is 35.4 Å². The van der Waals surface area contributed by atoms with Crippen LogP contribution in [0, 0.1) is 0 Å². The van der Waals surface area contributed by atoms with Gasteiger partial charge in [-0.3, -0.25) is 0 Å². The predicted octanol–water partition coefficient (Wildman–Crippen LogP) is 4.35. The summed E-state index contributed by atoms with van der Waals surface area (Å²) in [5.74, 6) is 0. The van der Waals surface area contributed by atoms with E-state index in [-0.39, 0.29) is 0 Å². The third-order valence-corrected chi connectivity index (χ3v) is 4.25. The molecule has 1 aliphatic rings. The maximum absolute atomic E-state index is 3.69. The Hall–Kier alpha value is 0.180. The lowest BCUT2D eigenvalue weighted by molar-refractivity contribution is 0.676. The van der Waals surface area contributed by atoms with Gasteiger partial charge in [0.2, 0.25) is 0 Å². The zero-order valence-corrected chi connectivity index (χ0v) is 9.81. The zero-order chi connectivity index (χ0) is 8.55. The maximum atomic E-state index is 3.69. The van der Waals surface area contributed by atoms with E-state index in [1.807, 2.05) is 0 Å². The van der Waals surface area contributed by atoms with E-state index in [4.69, 9.17) is 0 Å². The molecule has 1 aromatic carbocycles. The van der Waals surface area contributed by atoms with Crippen LogP contribution < -0.4 is 0 Å². The first-order valence-electron chi connectivity index (χ1n) is 4.16. The molecule has 0 fully saturated rings. The SMILES string of the molecule is Br[C@@H]1CC[C@@H](Br)c2ccccc21. The normalized spacial score (nSPS) is 28.2. The van der Waals surface area contributed by atoms with Crippen LogP contribution in [-0.4, -0.2) is 0 Å². The summed E-state index contributed by atoms with van der Waals surface area (Å²) >= 11 is 7.39. The summed E-state index contributed by atoms with van der Waals surface area (Å²) in [4.78, 5) is 1.12. The van der Waals surface area contributed by atoms with Crippen molar-refractivity contribution in [3.8, 4) is 0 Å². The minimum Gasteiger partial charge on any atom is -0.0839 e. The fourth-order valence-electron chi connectivity index (χ4n) is 1.69. The first kappa shape index (κ1) is 8.76. The van der Waals surface area contributed by atoms with Crippen LogP contribution in [0.3, 0.4) is 0 Å². The van der Waals surface area contributed by atoms with Gasteiger partial charge in [0.05, 0.1) is 0 Å². The second kappa shape index (κ2) is 3.51. The van der Waals surface area contributed by atoms with Crippen LogP contribution in [0.5, 0.6) is 0 Å². The standard InChI is InChI=1S/C10H10Br2/c11-9-5-6-10(12)8-4-2-1-3-7(8)9/h1-4,9-10H,5-6H2/t9-,10-/m1/s1. The Balaban J connectivity index is 2.47. The molecule has 0 unspecified atom stereocenters. The van der Waals surface area contributed by atoms with E-state index in [1.54, 1.807) is 0 Å². The highest BCUT2D eigenvalue weighted by molar-refractivity contribution is 9.09. The Morgan fingerprint density at radius 1 is 0.917 bits per heavy atom. The monoisotopic (exact) mass is 288 g/mol. The molecule has 1 aliphatic carbocycles. The van der Waals surface area contributed by atoms with Gasteiger partial charge in [0.25, 0.3) is 0 Å². The van der Waals surface area contributed by atoms with E-state index in [0.717, 1.165) is 0 Å². The summed E-state index contributed by atoms with van der Waals surface area (Å²) in [6.07, 6.45) is 2.46. The van der Waals surface area contributed by atoms with Crippen molar-refractivity contribution in [3.63, 3.8) is 0 Å². The molecule has 0 nitrogen and oxygen atoms in total. The lowest BCUT2D eigenvalue weighted by Crippen LogP contribution is -2.06. The van der Waals surface area contributed by atoms with Crippen LogP contribution in [0.4, 0.5) is 0 Å². The fourth-order valence-corrected chi connectivity index (χ4v) is 3.05. The molecular formula is C10H10Br2. The highest BCUT2D eigenvalue weighted by Gasteiger charge is 2.22. The van der Waals surface area contributed by atoms with Crippen LogP contribution in [0.1, 0.15) is 33.6 Å². The summed E-state index contributed by atoms with van der Waals surface area (Å²) in [6.45, 7) is 0. The molecule has 0 aromatic heterocycles. The van der Waals surface area contributed by atoms with Crippen LogP contribution in [-0.2, 0) is 0 Å². The topological polar surface area (TPSA) is 0 Å². The summed E-state index contributed by atoms with van der Waals surface area (Å²) in [6, 6.07) is 8.64. The van der Waals surface area contributed by atoms with Gasteiger partial charge >= 0.3 is 0 Å². The molecule has 0 saturated heterocycles. The number of rotatable bonds is 0. The Kier molecular flexibility index (Phi) is 2.56. The number of hydrogen-bond donors (Lipinski definition) is 0. The van der Waals surface area contributed by atoms with E-state index in [1.165, 1.54) is 24.0 Å². The maximum Gasteiger partial charge on any atom is 0.0399 e. The van der Waals surface area contributed by atoms with Gasteiger partial charge < -0.3 is 0 Å². The number of benzene rings is 1. The molecule has 0 heterocycles. The van der Waals surface area contributed by atoms with Crippen LogP contribution >= 0.6 is 31.9 Å². The van der Waals surface area contributed by atoms with Crippen molar-refractivity contribution in [1.82, 2.24) is 0 Å². The Labute approximate surface area is 89.6 Å². The van der Waals surface area contributed by atoms with E-state index in [9.17, 15) is 0 Å². The first-order valence-corrected chi connectivity index (χ1v) is 5.99. The van der Waals surface area contributed by atoms with Gasteiger partial charge in [0.15, 0.2) is 0 Å². The van der Waals surface area contributed by atoms with Crippen molar-refractivity contribution < 1.29 is 0 Å². The average Bonchev–Trinajstić information content (AvgIpc) is 2.12. The summed E-state index contributed by atoms with van der Waals surface area (Å²) in [5.41, 5.74) is 2.90. The molecule has 0 radical (unpaired) electrons. The predicted molar refractivity (Wildman–Crippen MR) is 59.0 cm³/mol. The van der Waals surface area contributed by atoms with Crippen LogP contribution in [0.2, 0.25) is 0 Å². The zero-order valence-electron chi connectivity index (χ0n) is 6.63. The number of halogens is 2. The molecule has 2 heteroatoms.